The van der Waals surface area contributed by atoms with Crippen LogP contribution >= 0.6 is 13.8 Å². The van der Waals surface area contributed by atoms with Crippen LogP contribution in [-0.2, 0) is 53.1 Å². The van der Waals surface area contributed by atoms with E-state index in [1.54, 1.807) is 48.5 Å². The highest BCUT2D eigenvalue weighted by Gasteiger charge is 2.57. The Hall–Kier alpha value is -10.8. The first-order chi connectivity index (χ1) is 48.9. The number of hydrogen-bond acceptors (Lipinski definition) is 16. The van der Waals surface area contributed by atoms with Crippen molar-refractivity contribution in [2.75, 3.05) is 13.2 Å². The van der Waals surface area contributed by atoms with E-state index in [2.05, 4.69) is 18.5 Å². The van der Waals surface area contributed by atoms with Gasteiger partial charge in [-0.15, -0.1) is 0 Å². The minimum atomic E-state index is -3.22. The van der Waals surface area contributed by atoms with Crippen LogP contribution in [0.1, 0.15) is 70.1 Å². The number of Topliss-reactive ketones (excluding diaryl/α,β-unsaturated/α-hetero) is 2. The van der Waals surface area contributed by atoms with Crippen molar-refractivity contribution in [1.82, 2.24) is 15.1 Å². The van der Waals surface area contributed by atoms with E-state index in [1.807, 2.05) is 182 Å². The van der Waals surface area contributed by atoms with Gasteiger partial charge in [-0.3, -0.25) is 19.2 Å². The lowest BCUT2D eigenvalue weighted by atomic mass is 9.79. The molecule has 1 aromatic heterocycles. The number of nitrogens with one attached hydrogen (secondary N) is 1. The molecule has 0 aliphatic carbocycles. The number of nitrogens with two attached hydrogens (primary N) is 1. The molecule has 101 heavy (non-hydrogen) atoms. The fourth-order valence-electron chi connectivity index (χ4n) is 13.0. The molecule has 6 atom stereocenters. The molecule has 0 saturated carbocycles. The van der Waals surface area contributed by atoms with E-state index in [0.29, 0.717) is 23.2 Å². The fraction of sp³-hybridized carbons (Fsp3) is 0.200. The number of nitrogens with zero attached hydrogens (tertiary/aromatic N) is 2. The number of benzene rings is 8. The third-order valence-electron chi connectivity index (χ3n) is 17.7. The van der Waals surface area contributed by atoms with Gasteiger partial charge in [0.15, 0.2) is 29.7 Å². The number of aliphatic hydroxyl groups excluding tert-OH is 2. The third kappa shape index (κ3) is 15.5. The molecule has 9 aromatic rings. The summed E-state index contributed by atoms with van der Waals surface area (Å²) in [5.74, 6) is -5.31. The summed E-state index contributed by atoms with van der Waals surface area (Å²) in [7, 11) is 0. The normalized spacial score (nSPS) is 16.1. The molecule has 11 rings (SSSR count). The summed E-state index contributed by atoms with van der Waals surface area (Å²) in [4.78, 5) is 112. The van der Waals surface area contributed by atoms with Crippen LogP contribution in [0.3, 0.4) is 0 Å². The number of hydrogen-bond donors (Lipinski definition) is 4. The molecule has 5 N–H and O–H groups in total. The van der Waals surface area contributed by atoms with Crippen molar-refractivity contribution in [3.8, 4) is 0 Å². The topological polar surface area (TPSA) is 276 Å². The van der Waals surface area contributed by atoms with Crippen molar-refractivity contribution >= 4 is 97.8 Å². The molecule has 0 spiro atoms. The van der Waals surface area contributed by atoms with Crippen LogP contribution in [0.5, 0.6) is 0 Å². The van der Waals surface area contributed by atoms with Gasteiger partial charge in [-0.25, -0.2) is 19.2 Å². The predicted molar refractivity (Wildman–Crippen MR) is 392 cm³/mol. The lowest BCUT2D eigenvalue weighted by Crippen LogP contribution is -2.68. The maximum atomic E-state index is 14.6. The maximum absolute atomic E-state index is 14.6. The average Bonchev–Trinajstić information content (AvgIpc) is 0.896. The Bertz CT molecular complexity index is 4420. The first-order valence-corrected chi connectivity index (χ1v) is 36.4. The summed E-state index contributed by atoms with van der Waals surface area (Å²) in [6.45, 7) is 5.57. The van der Waals surface area contributed by atoms with Crippen LogP contribution in [0, 0.1) is 18.8 Å². The van der Waals surface area contributed by atoms with Gasteiger partial charge in [0.25, 0.3) is 0 Å². The Labute approximate surface area is 585 Å². The molecule has 19 nitrogen and oxygen atoms in total. The average molecular weight is 1400 g/mol. The Balaban J connectivity index is 0.000000223. The van der Waals surface area contributed by atoms with Gasteiger partial charge < -0.3 is 54.1 Å². The molecule has 3 amide bonds. The van der Waals surface area contributed by atoms with Gasteiger partial charge in [0.2, 0.25) is 11.8 Å². The largest absolute Gasteiger partial charge is 0.519 e. The lowest BCUT2D eigenvalue weighted by molar-refractivity contribution is -0.157. The Morgan fingerprint density at radius 2 is 0.832 bits per heavy atom. The number of β-lactam (4-membered cyclic amide) rings is 2. The van der Waals surface area contributed by atoms with Gasteiger partial charge in [-0.2, -0.15) is 0 Å². The summed E-state index contributed by atoms with van der Waals surface area (Å²) in [6.07, 6.45) is -0.301. The summed E-state index contributed by atoms with van der Waals surface area (Å²) in [5, 5.41) is 29.2. The number of amides is 3. The van der Waals surface area contributed by atoms with Crippen LogP contribution < -0.4 is 48.7 Å². The van der Waals surface area contributed by atoms with E-state index in [-0.39, 0.29) is 73.1 Å². The zero-order valence-electron chi connectivity index (χ0n) is 56.0. The number of aryl methyl sites for hydroxylation is 1. The van der Waals surface area contributed by atoms with Crippen LogP contribution in [-0.4, -0.2) is 110 Å². The van der Waals surface area contributed by atoms with E-state index in [0.717, 1.165) is 37.4 Å². The van der Waals surface area contributed by atoms with Gasteiger partial charge >= 0.3 is 23.9 Å². The Morgan fingerprint density at radius 3 is 1.12 bits per heavy atom. The van der Waals surface area contributed by atoms with E-state index in [9.17, 15) is 48.6 Å². The van der Waals surface area contributed by atoms with Gasteiger partial charge in [0.1, 0.15) is 24.0 Å². The van der Waals surface area contributed by atoms with Gasteiger partial charge in [0, 0.05) is 50.8 Å². The minimum Gasteiger partial charge on any atom is -0.457 e. The van der Waals surface area contributed by atoms with Crippen LogP contribution in [0.15, 0.2) is 269 Å². The van der Waals surface area contributed by atoms with Gasteiger partial charge in [-0.1, -0.05) is 256 Å². The molecule has 2 fully saturated rings. The summed E-state index contributed by atoms with van der Waals surface area (Å²) in [5.41, 5.74) is 8.34. The number of likely N-dealkylation sites (tertiary alicyclic amines) is 2. The number of ether oxygens (including phenoxy) is 3. The van der Waals surface area contributed by atoms with Crippen molar-refractivity contribution in [3.05, 3.63) is 300 Å². The smallest absolute Gasteiger partial charge is 0.457 e. The molecule has 0 bridgehead atoms. The highest BCUT2D eigenvalue weighted by atomic mass is 31.2. The van der Waals surface area contributed by atoms with Crippen molar-refractivity contribution in [1.29, 1.82) is 0 Å². The molecule has 21 heteroatoms. The second kappa shape index (κ2) is 33.4. The van der Waals surface area contributed by atoms with Gasteiger partial charge in [0.05, 0.1) is 36.1 Å². The Kier molecular flexibility index (Phi) is 24.1. The van der Waals surface area contributed by atoms with E-state index >= 15 is 0 Å². The SMILES string of the molecule is C=CCOC(=O)C(N1C(=O)[C@H]([C@@H](C)O)[C@H]1CC(=O)c1ccc(CN)cc1)=P(c1ccccc1)(c1ccccc1)c1ccccc1.C=CCOC(=O)C(N1C(=O)[C@H]([C@@H](C)O)[C@H]1CC(=O)c1ccc(CNC(=O)OCc2oc(=O)oc2C)cc1)=P(c1ccccc1)(c1ccccc1)c1ccccc1. The van der Waals surface area contributed by atoms with Crippen molar-refractivity contribution in [2.24, 2.45) is 17.6 Å². The number of aliphatic hydroxyl groups is 2. The molecule has 2 aliphatic heterocycles. The summed E-state index contributed by atoms with van der Waals surface area (Å²) >= 11 is 0. The number of esters is 2. The number of ketones is 2. The molecule has 2 aliphatic rings. The molecular weight excluding hydrogens is 1320 g/mol. The standard InChI is InChI=1S/C43H41N2O10P.C37H37N2O5P/c1-4-24-52-41(49)40(56(32-14-8-5-9-15-32,33-16-10-6-11-17-33)34-18-12-7-13-19-34)45-35(38(28(2)46)39(45)48)25-36(47)31-22-20-30(21-23-31)26-44-42(50)53-27-37-29(3)54-43(51)55-37;1-3-23-44-37(43)36(39-32(34(26(2)40)35(39)42)24-33(41)28-21-19-27(25-38)20-22-28)45(29-13-7-4-8-14-29,30-15-9-5-10-16-30)31-17-11-6-12-18-31/h4-23,28,35,38,46H,1,24-27H2,2-3H3,(H,44,50);3-22,26,32,34,40H,1,23-25,38H2,2H3/t28-,35-,38-;26-,32-,34-/m11/s1. The first kappa shape index (κ1) is 73.0. The zero-order valence-corrected chi connectivity index (χ0v) is 57.8. The Morgan fingerprint density at radius 1 is 0.505 bits per heavy atom. The number of alkyl carbamates (subject to hydrolysis) is 1. The second-order valence-corrected chi connectivity index (χ2v) is 30.7. The quantitative estimate of drug-likeness (QED) is 0.00939. The minimum absolute atomic E-state index is 0.0698. The molecule has 2 saturated heterocycles. The second-order valence-electron chi connectivity index (χ2n) is 24.1. The maximum Gasteiger partial charge on any atom is 0.519 e. The number of carbonyl (C=O) groups excluding carboxylic acids is 7. The van der Waals surface area contributed by atoms with E-state index in [1.165, 1.54) is 42.7 Å². The third-order valence-corrected chi connectivity index (χ3v) is 26.2. The van der Waals surface area contributed by atoms with E-state index in [4.69, 9.17) is 28.8 Å². The highest BCUT2D eigenvalue weighted by molar-refractivity contribution is 7.97. The van der Waals surface area contributed by atoms with Gasteiger partial charge in [-0.05, 0) is 63.7 Å². The number of carbonyl (C=O) groups is 7. The predicted octanol–water partition coefficient (Wildman–Crippen LogP) is 8.38. The highest BCUT2D eigenvalue weighted by Crippen LogP contribution is 2.52. The lowest BCUT2D eigenvalue weighted by Gasteiger charge is -2.50. The molecule has 8 aromatic carbocycles. The van der Waals surface area contributed by atoms with Crippen LogP contribution in [0.4, 0.5) is 4.79 Å². The van der Waals surface area contributed by atoms with Crippen LogP contribution in [0.25, 0.3) is 0 Å². The van der Waals surface area contributed by atoms with Crippen molar-refractivity contribution < 1.29 is 66.8 Å². The van der Waals surface area contributed by atoms with E-state index < -0.39 is 85.6 Å². The molecule has 3 heterocycles. The summed E-state index contributed by atoms with van der Waals surface area (Å²) < 4.78 is 26.2. The monoisotopic (exact) mass is 1400 g/mol. The van der Waals surface area contributed by atoms with Crippen molar-refractivity contribution in [2.45, 2.75) is 77.6 Å². The molecule has 0 radical (unpaired) electrons. The fourth-order valence-corrected chi connectivity index (χ4v) is 21.8. The zero-order chi connectivity index (χ0) is 71.8. The molecule has 0 unspecified atom stereocenters. The number of rotatable bonds is 27. The van der Waals surface area contributed by atoms with Crippen molar-refractivity contribution in [3.63, 3.8) is 0 Å². The molecular formula is C80H78N4O15P2. The van der Waals surface area contributed by atoms with Crippen LogP contribution in [0.2, 0.25) is 0 Å². The molecule has 518 valence electrons. The summed E-state index contributed by atoms with van der Waals surface area (Å²) in [6, 6.07) is 69.3. The first-order valence-electron chi connectivity index (χ1n) is 32.8.